The van der Waals surface area contributed by atoms with Gasteiger partial charge in [0.1, 0.15) is 15.9 Å². The number of benzene rings is 2. The molecular formula is C23H24N4O5S2. The Morgan fingerprint density at radius 2 is 1.82 bits per heavy atom. The van der Waals surface area contributed by atoms with E-state index in [1.165, 1.54) is 11.4 Å². The van der Waals surface area contributed by atoms with E-state index in [1.807, 2.05) is 0 Å². The quantitative estimate of drug-likeness (QED) is 0.412. The van der Waals surface area contributed by atoms with Gasteiger partial charge in [0.25, 0.3) is 5.56 Å². The number of aromatic amines is 1. The highest BCUT2D eigenvalue weighted by Crippen LogP contribution is 2.34. The Bertz CT molecular complexity index is 1520. The summed E-state index contributed by atoms with van der Waals surface area (Å²) in [7, 11) is -0.866. The van der Waals surface area contributed by atoms with E-state index in [-0.39, 0.29) is 23.0 Å². The van der Waals surface area contributed by atoms with Crippen LogP contribution in [-0.4, -0.2) is 46.7 Å². The summed E-state index contributed by atoms with van der Waals surface area (Å²) >= 11 is 0.981. The summed E-state index contributed by atoms with van der Waals surface area (Å²) in [5.74, 6) is 1.02. The van der Waals surface area contributed by atoms with Crippen molar-refractivity contribution in [2.24, 2.45) is 0 Å². The number of hydrogen-bond acceptors (Lipinski definition) is 8. The Labute approximate surface area is 200 Å². The van der Waals surface area contributed by atoms with Crippen molar-refractivity contribution >= 4 is 43.7 Å². The Morgan fingerprint density at radius 1 is 1.09 bits per heavy atom. The van der Waals surface area contributed by atoms with Crippen LogP contribution in [0.1, 0.15) is 31.2 Å². The van der Waals surface area contributed by atoms with E-state index in [9.17, 15) is 13.2 Å². The van der Waals surface area contributed by atoms with Crippen molar-refractivity contribution < 1.29 is 17.9 Å². The fourth-order valence-corrected chi connectivity index (χ4v) is 7.00. The molecule has 0 bridgehead atoms. The molecule has 2 heterocycles. The van der Waals surface area contributed by atoms with Gasteiger partial charge in [-0.3, -0.25) is 4.79 Å². The summed E-state index contributed by atoms with van der Waals surface area (Å²) in [5.41, 5.74) is 1.51. The van der Waals surface area contributed by atoms with Gasteiger partial charge < -0.3 is 14.5 Å². The fraction of sp³-hybridized carbons (Fsp3) is 0.348. The van der Waals surface area contributed by atoms with Crippen LogP contribution in [0.5, 0.6) is 11.5 Å². The number of ether oxygens (including phenoxy) is 2. The number of sulfonamides is 1. The number of methoxy groups -OCH3 is 2. The van der Waals surface area contributed by atoms with Gasteiger partial charge in [-0.25, -0.2) is 8.42 Å². The number of fused-ring (bicyclic) bond motifs is 2. The minimum absolute atomic E-state index is 0.0411. The van der Waals surface area contributed by atoms with Crippen LogP contribution in [0, 0.1) is 0 Å². The zero-order chi connectivity index (χ0) is 23.9. The molecule has 1 N–H and O–H groups in total. The van der Waals surface area contributed by atoms with Gasteiger partial charge in [0.05, 0.1) is 31.5 Å². The fourth-order valence-electron chi connectivity index (χ4n) is 4.58. The molecule has 11 heteroatoms. The molecule has 0 spiro atoms. The third kappa shape index (κ3) is 3.93. The van der Waals surface area contributed by atoms with E-state index in [1.54, 1.807) is 43.5 Å². The summed E-state index contributed by atoms with van der Waals surface area (Å²) in [5, 5.41) is 0.724. The molecule has 0 unspecified atom stereocenters. The van der Waals surface area contributed by atoms with Crippen molar-refractivity contribution in [1.29, 1.82) is 0 Å². The second-order valence-electron chi connectivity index (χ2n) is 8.29. The first-order chi connectivity index (χ1) is 16.4. The topological polar surface area (TPSA) is 114 Å². The first kappa shape index (κ1) is 22.8. The number of pyridine rings is 1. The smallest absolute Gasteiger partial charge is 0.252 e. The Hall–Kier alpha value is -3.02. The van der Waals surface area contributed by atoms with Gasteiger partial charge >= 0.3 is 0 Å². The van der Waals surface area contributed by atoms with Crippen molar-refractivity contribution in [2.45, 2.75) is 43.2 Å². The highest BCUT2D eigenvalue weighted by molar-refractivity contribution is 7.89. The zero-order valence-corrected chi connectivity index (χ0v) is 20.4. The van der Waals surface area contributed by atoms with Gasteiger partial charge in [0.2, 0.25) is 10.0 Å². The van der Waals surface area contributed by atoms with Crippen molar-refractivity contribution in [1.82, 2.24) is 18.0 Å². The molecule has 1 aliphatic carbocycles. The average molecular weight is 501 g/mol. The maximum Gasteiger partial charge on any atom is 0.252 e. The second-order valence-corrected chi connectivity index (χ2v) is 10.7. The lowest BCUT2D eigenvalue weighted by Crippen LogP contribution is -2.39. The summed E-state index contributed by atoms with van der Waals surface area (Å²) in [6, 6.07) is 9.97. The molecule has 1 saturated carbocycles. The highest BCUT2D eigenvalue weighted by Gasteiger charge is 2.35. The Balaban J connectivity index is 1.61. The molecule has 9 nitrogen and oxygen atoms in total. The van der Waals surface area contributed by atoms with Gasteiger partial charge in [-0.05, 0) is 37.1 Å². The molecule has 4 aromatic rings. The van der Waals surface area contributed by atoms with E-state index >= 15 is 0 Å². The van der Waals surface area contributed by atoms with Crippen molar-refractivity contribution in [2.75, 3.05) is 14.2 Å². The zero-order valence-electron chi connectivity index (χ0n) is 18.8. The molecule has 34 heavy (non-hydrogen) atoms. The predicted octanol–water partition coefficient (Wildman–Crippen LogP) is 3.68. The number of nitrogens with one attached hydrogen (secondary N) is 1. The molecule has 0 atom stereocenters. The van der Waals surface area contributed by atoms with E-state index < -0.39 is 10.0 Å². The SMILES string of the molecule is COc1cc2cc(CN(C3CCCC3)S(=O)(=O)c3cccc4nsnc34)c(=O)[nH]c2cc1OC. The van der Waals surface area contributed by atoms with E-state index in [2.05, 4.69) is 13.7 Å². The number of aromatic nitrogens is 3. The molecule has 2 aromatic carbocycles. The van der Waals surface area contributed by atoms with Crippen LogP contribution in [-0.2, 0) is 16.6 Å². The molecule has 0 radical (unpaired) electrons. The number of nitrogens with zero attached hydrogens (tertiary/aromatic N) is 3. The molecule has 0 saturated heterocycles. The van der Waals surface area contributed by atoms with Gasteiger partial charge in [-0.1, -0.05) is 18.9 Å². The summed E-state index contributed by atoms with van der Waals surface area (Å²) in [4.78, 5) is 16.0. The van der Waals surface area contributed by atoms with Gasteiger partial charge in [0, 0.05) is 29.6 Å². The standard InChI is InChI=1S/C23H24N4O5S2/c1-31-19-11-14-10-15(23(28)24-18(14)12-20(19)32-2)13-27(16-6-3-4-7-16)34(29,30)21-9-5-8-17-22(21)26-33-25-17/h5,8-12,16H,3-4,6-7,13H2,1-2H3,(H,24,28). The minimum atomic E-state index is -3.93. The Morgan fingerprint density at radius 3 is 2.56 bits per heavy atom. The van der Waals surface area contributed by atoms with E-state index in [0.717, 1.165) is 42.8 Å². The van der Waals surface area contributed by atoms with Crippen LogP contribution in [0.2, 0.25) is 0 Å². The molecule has 1 fully saturated rings. The molecular weight excluding hydrogens is 476 g/mol. The van der Waals surface area contributed by atoms with Crippen molar-refractivity contribution in [3.05, 3.63) is 52.3 Å². The molecule has 2 aromatic heterocycles. The molecule has 0 aliphatic heterocycles. The lowest BCUT2D eigenvalue weighted by atomic mass is 10.1. The average Bonchev–Trinajstić information content (AvgIpc) is 3.53. The summed E-state index contributed by atoms with van der Waals surface area (Å²) in [6.07, 6.45) is 3.40. The first-order valence-electron chi connectivity index (χ1n) is 10.9. The van der Waals surface area contributed by atoms with E-state index in [0.29, 0.717) is 33.6 Å². The molecule has 178 valence electrons. The van der Waals surface area contributed by atoms with Crippen LogP contribution in [0.15, 0.2) is 46.1 Å². The predicted molar refractivity (Wildman–Crippen MR) is 130 cm³/mol. The van der Waals surface area contributed by atoms with Crippen LogP contribution < -0.4 is 15.0 Å². The molecule has 1 aliphatic rings. The summed E-state index contributed by atoms with van der Waals surface area (Å²) in [6.45, 7) is -0.0411. The minimum Gasteiger partial charge on any atom is -0.493 e. The lowest BCUT2D eigenvalue weighted by molar-refractivity contribution is 0.315. The summed E-state index contributed by atoms with van der Waals surface area (Å²) < 4.78 is 48.4. The second kappa shape index (κ2) is 8.97. The molecule has 5 rings (SSSR count). The monoisotopic (exact) mass is 500 g/mol. The largest absolute Gasteiger partial charge is 0.493 e. The number of rotatable bonds is 7. The normalized spacial score (nSPS) is 14.9. The first-order valence-corrected chi connectivity index (χ1v) is 13.1. The van der Waals surface area contributed by atoms with Gasteiger partial charge in [0.15, 0.2) is 11.5 Å². The van der Waals surface area contributed by atoms with Gasteiger partial charge in [-0.15, -0.1) is 0 Å². The third-order valence-corrected chi connectivity index (χ3v) is 8.79. The Kier molecular flexibility index (Phi) is 6.00. The third-order valence-electron chi connectivity index (χ3n) is 6.32. The van der Waals surface area contributed by atoms with Gasteiger partial charge in [-0.2, -0.15) is 13.1 Å². The van der Waals surface area contributed by atoms with Crippen LogP contribution in [0.3, 0.4) is 0 Å². The number of hydrogen-bond donors (Lipinski definition) is 1. The highest BCUT2D eigenvalue weighted by atomic mass is 32.2. The van der Waals surface area contributed by atoms with E-state index in [4.69, 9.17) is 9.47 Å². The number of H-pyrrole nitrogens is 1. The maximum absolute atomic E-state index is 13.9. The van der Waals surface area contributed by atoms with Crippen molar-refractivity contribution in [3.8, 4) is 11.5 Å². The van der Waals surface area contributed by atoms with Crippen LogP contribution >= 0.6 is 11.7 Å². The maximum atomic E-state index is 13.9. The van der Waals surface area contributed by atoms with Crippen LogP contribution in [0.25, 0.3) is 21.9 Å². The van der Waals surface area contributed by atoms with Crippen molar-refractivity contribution in [3.63, 3.8) is 0 Å². The lowest BCUT2D eigenvalue weighted by Gasteiger charge is -2.28. The molecule has 0 amide bonds. The van der Waals surface area contributed by atoms with Crippen LogP contribution in [0.4, 0.5) is 0 Å².